The van der Waals surface area contributed by atoms with Crippen molar-refractivity contribution in [2.75, 3.05) is 25.0 Å². The van der Waals surface area contributed by atoms with E-state index in [0.717, 1.165) is 24.4 Å². The Hall–Kier alpha value is -1.99. The highest BCUT2D eigenvalue weighted by molar-refractivity contribution is 6.29. The number of hydrogen-bond acceptors (Lipinski definition) is 6. The van der Waals surface area contributed by atoms with Crippen LogP contribution < -0.4 is 10.2 Å². The van der Waals surface area contributed by atoms with Gasteiger partial charge in [-0.25, -0.2) is 9.97 Å². The molecule has 1 fully saturated rings. The molecule has 4 heterocycles. The van der Waals surface area contributed by atoms with E-state index < -0.39 is 0 Å². The maximum Gasteiger partial charge on any atom is 0.205 e. The van der Waals surface area contributed by atoms with Crippen molar-refractivity contribution < 1.29 is 0 Å². The van der Waals surface area contributed by atoms with E-state index in [2.05, 4.69) is 30.4 Å². The average molecular weight is 290 g/mol. The van der Waals surface area contributed by atoms with Crippen LogP contribution in [0.25, 0.3) is 16.8 Å². The van der Waals surface area contributed by atoms with Gasteiger partial charge >= 0.3 is 0 Å². The summed E-state index contributed by atoms with van der Waals surface area (Å²) in [6.45, 7) is 1.83. The van der Waals surface area contributed by atoms with Crippen LogP contribution in [0.15, 0.2) is 18.5 Å². The van der Waals surface area contributed by atoms with Crippen LogP contribution in [-0.4, -0.2) is 50.7 Å². The third-order valence-electron chi connectivity index (χ3n) is 3.61. The van der Waals surface area contributed by atoms with Crippen LogP contribution in [0.1, 0.15) is 0 Å². The summed E-state index contributed by atoms with van der Waals surface area (Å²) in [5, 5.41) is 11.8. The molecule has 8 heteroatoms. The third-order valence-corrected chi connectivity index (χ3v) is 3.82. The molecule has 0 aliphatic carbocycles. The molecular weight excluding hydrogens is 278 g/mol. The summed E-state index contributed by atoms with van der Waals surface area (Å²) in [7, 11) is 1.97. The smallest absolute Gasteiger partial charge is 0.205 e. The van der Waals surface area contributed by atoms with Gasteiger partial charge in [0.05, 0.1) is 0 Å². The summed E-state index contributed by atoms with van der Waals surface area (Å²) >= 11 is 5.95. The van der Waals surface area contributed by atoms with Crippen molar-refractivity contribution in [3.8, 4) is 0 Å². The van der Waals surface area contributed by atoms with Crippen LogP contribution >= 0.6 is 11.6 Å². The van der Waals surface area contributed by atoms with E-state index in [-0.39, 0.29) is 0 Å². The Morgan fingerprint density at radius 1 is 1.25 bits per heavy atom. The molecule has 0 radical (unpaired) electrons. The molecule has 20 heavy (non-hydrogen) atoms. The molecule has 0 aromatic carbocycles. The molecule has 102 valence electrons. The summed E-state index contributed by atoms with van der Waals surface area (Å²) in [6.07, 6.45) is 1.64. The summed E-state index contributed by atoms with van der Waals surface area (Å²) in [5.41, 5.74) is 2.17. The zero-order chi connectivity index (χ0) is 13.7. The van der Waals surface area contributed by atoms with Gasteiger partial charge in [-0.2, -0.15) is 0 Å². The zero-order valence-corrected chi connectivity index (χ0v) is 11.5. The number of aromatic nitrogens is 5. The summed E-state index contributed by atoms with van der Waals surface area (Å²) in [4.78, 5) is 11.1. The van der Waals surface area contributed by atoms with Crippen LogP contribution in [0, 0.1) is 0 Å². The second-order valence-corrected chi connectivity index (χ2v) is 5.21. The topological polar surface area (TPSA) is 71.2 Å². The Kier molecular flexibility index (Phi) is 2.51. The van der Waals surface area contributed by atoms with E-state index in [4.69, 9.17) is 11.6 Å². The van der Waals surface area contributed by atoms with Gasteiger partial charge in [0.15, 0.2) is 11.5 Å². The van der Waals surface area contributed by atoms with E-state index in [1.807, 2.05) is 17.5 Å². The molecule has 1 N–H and O–H groups in total. The number of pyridine rings is 1. The van der Waals surface area contributed by atoms with Gasteiger partial charge in [0.25, 0.3) is 0 Å². The average Bonchev–Trinajstić information content (AvgIpc) is 2.87. The van der Waals surface area contributed by atoms with E-state index in [0.29, 0.717) is 22.5 Å². The van der Waals surface area contributed by atoms with Gasteiger partial charge in [-0.3, -0.25) is 4.40 Å². The van der Waals surface area contributed by atoms with E-state index in [9.17, 15) is 0 Å². The molecule has 0 bridgehead atoms. The lowest BCUT2D eigenvalue weighted by atomic mass is 10.1. The number of rotatable bonds is 2. The van der Waals surface area contributed by atoms with Crippen LogP contribution in [0.5, 0.6) is 0 Å². The van der Waals surface area contributed by atoms with E-state index in [1.54, 1.807) is 12.4 Å². The minimum Gasteiger partial charge on any atom is -0.350 e. The summed E-state index contributed by atoms with van der Waals surface area (Å²) in [6, 6.07) is 4.10. The van der Waals surface area contributed by atoms with Gasteiger partial charge in [-0.05, 0) is 19.2 Å². The number of likely N-dealkylation sites (N-methyl/N-ethyl adjacent to an activating group) is 1. The monoisotopic (exact) mass is 289 g/mol. The predicted octanol–water partition coefficient (Wildman–Crippen LogP) is 0.734. The van der Waals surface area contributed by atoms with Crippen molar-refractivity contribution in [1.82, 2.24) is 29.9 Å². The maximum absolute atomic E-state index is 5.95. The highest BCUT2D eigenvalue weighted by atomic mass is 35.5. The molecule has 0 atom stereocenters. The van der Waals surface area contributed by atoms with Gasteiger partial charge < -0.3 is 10.2 Å². The largest absolute Gasteiger partial charge is 0.350 e. The first-order chi connectivity index (χ1) is 9.76. The maximum atomic E-state index is 5.95. The Morgan fingerprint density at radius 3 is 2.90 bits per heavy atom. The lowest BCUT2D eigenvalue weighted by Crippen LogP contribution is -2.57. The first kappa shape index (κ1) is 11.8. The van der Waals surface area contributed by atoms with Crippen LogP contribution in [0.4, 0.5) is 5.82 Å². The van der Waals surface area contributed by atoms with Crippen molar-refractivity contribution in [3.63, 3.8) is 0 Å². The van der Waals surface area contributed by atoms with Crippen LogP contribution in [0.3, 0.4) is 0 Å². The Balaban J connectivity index is 1.91. The molecule has 1 saturated heterocycles. The molecule has 4 rings (SSSR count). The number of halogens is 1. The van der Waals surface area contributed by atoms with Crippen molar-refractivity contribution in [2.24, 2.45) is 0 Å². The van der Waals surface area contributed by atoms with Gasteiger partial charge in [-0.1, -0.05) is 11.6 Å². The normalized spacial score (nSPS) is 16.0. The number of nitrogens with zero attached hydrogens (tertiary/aromatic N) is 6. The number of fused-ring (bicyclic) bond motifs is 3. The van der Waals surface area contributed by atoms with Gasteiger partial charge in [0.2, 0.25) is 5.65 Å². The lowest BCUT2D eigenvalue weighted by Gasteiger charge is -2.39. The number of nitrogens with one attached hydrogen (secondary N) is 1. The second-order valence-electron chi connectivity index (χ2n) is 4.83. The lowest BCUT2D eigenvalue weighted by molar-refractivity contribution is 0.448. The number of hydrogen-bond donors (Lipinski definition) is 1. The molecule has 0 saturated carbocycles. The first-order valence-electron chi connectivity index (χ1n) is 6.34. The highest BCUT2D eigenvalue weighted by Crippen LogP contribution is 2.26. The molecule has 0 spiro atoms. The second kappa shape index (κ2) is 4.26. The van der Waals surface area contributed by atoms with Crippen molar-refractivity contribution in [2.45, 2.75) is 6.04 Å². The fourth-order valence-corrected chi connectivity index (χ4v) is 2.58. The van der Waals surface area contributed by atoms with Crippen molar-refractivity contribution in [3.05, 3.63) is 23.6 Å². The van der Waals surface area contributed by atoms with Crippen LogP contribution in [0.2, 0.25) is 5.15 Å². The molecular formula is C12H12ClN7. The molecule has 3 aromatic heterocycles. The first-order valence-corrected chi connectivity index (χ1v) is 6.72. The summed E-state index contributed by atoms with van der Waals surface area (Å²) in [5.74, 6) is 0.839. The minimum absolute atomic E-state index is 0.432. The Labute approximate surface area is 119 Å². The van der Waals surface area contributed by atoms with Gasteiger partial charge in [-0.15, -0.1) is 10.2 Å². The fourth-order valence-electron chi connectivity index (χ4n) is 2.44. The van der Waals surface area contributed by atoms with Crippen molar-refractivity contribution in [1.29, 1.82) is 0 Å². The van der Waals surface area contributed by atoms with Crippen molar-refractivity contribution >= 4 is 34.2 Å². The molecule has 0 amide bonds. The molecule has 0 unspecified atom stereocenters. The summed E-state index contributed by atoms with van der Waals surface area (Å²) < 4.78 is 1.83. The molecule has 1 aliphatic heterocycles. The number of anilines is 1. The fraction of sp³-hybridized carbons (Fsp3) is 0.333. The van der Waals surface area contributed by atoms with Gasteiger partial charge in [0, 0.05) is 19.1 Å². The van der Waals surface area contributed by atoms with Crippen LogP contribution in [-0.2, 0) is 0 Å². The SMILES string of the molecule is CNC1CN(c2nc3ccc(Cl)nc3n3cnnc23)C1. The molecule has 7 nitrogen and oxygen atoms in total. The molecule has 3 aromatic rings. The standard InChI is InChI=1S/C12H12ClN7/c1-14-7-4-19(5-7)11-12-18-15-6-20(12)10-8(16-11)2-3-9(13)17-10/h2-3,6-7,14H,4-5H2,1H3. The molecule has 1 aliphatic rings. The predicted molar refractivity (Wildman–Crippen MR) is 76.2 cm³/mol. The van der Waals surface area contributed by atoms with Gasteiger partial charge in [0.1, 0.15) is 17.0 Å². The third kappa shape index (κ3) is 1.63. The Morgan fingerprint density at radius 2 is 2.10 bits per heavy atom. The van der Waals surface area contributed by atoms with E-state index in [1.165, 1.54) is 0 Å². The quantitative estimate of drug-likeness (QED) is 0.702. The highest BCUT2D eigenvalue weighted by Gasteiger charge is 2.29. The van der Waals surface area contributed by atoms with E-state index >= 15 is 0 Å². The Bertz CT molecular complexity index is 793. The minimum atomic E-state index is 0.432. The zero-order valence-electron chi connectivity index (χ0n) is 10.8.